The van der Waals surface area contributed by atoms with Crippen molar-refractivity contribution in [2.75, 3.05) is 11.8 Å². The van der Waals surface area contributed by atoms with Crippen molar-refractivity contribution in [2.45, 2.75) is 117 Å². The number of rotatable bonds is 16. The minimum Gasteiger partial charge on any atom is -0.127 e. The molecule has 0 aromatic carbocycles. The first kappa shape index (κ1) is 24.8. The molecule has 22 heavy (non-hydrogen) atoms. The Hall–Kier alpha value is 0.580. The molecule has 2 heteroatoms. The standard InChI is InChI=1S/2C10H21Cl/c2*1-2-3-4-5-6-7-8-9-10-11/h2*2-10H2,1H3. The van der Waals surface area contributed by atoms with Crippen LogP contribution in [0.4, 0.5) is 0 Å². The Kier molecular flexibility index (Phi) is 29.9. The zero-order chi connectivity index (χ0) is 16.7. The maximum atomic E-state index is 5.56. The van der Waals surface area contributed by atoms with E-state index in [0.29, 0.717) is 0 Å². The van der Waals surface area contributed by atoms with E-state index in [0.717, 1.165) is 11.8 Å². The molecule has 0 aromatic rings. The molecule has 0 heterocycles. The van der Waals surface area contributed by atoms with E-state index >= 15 is 0 Å². The molecule has 0 bridgehead atoms. The average Bonchev–Trinajstić information content (AvgIpc) is 2.54. The summed E-state index contributed by atoms with van der Waals surface area (Å²) in [5.41, 5.74) is 0. The molecule has 0 unspecified atom stereocenters. The largest absolute Gasteiger partial charge is 0.127 e. The van der Waals surface area contributed by atoms with E-state index in [4.69, 9.17) is 23.2 Å². The van der Waals surface area contributed by atoms with Gasteiger partial charge in [0.15, 0.2) is 0 Å². The Bertz CT molecular complexity index is 126. The Morgan fingerprint density at radius 2 is 0.591 bits per heavy atom. The summed E-state index contributed by atoms with van der Waals surface area (Å²) in [5, 5.41) is 0. The van der Waals surface area contributed by atoms with Gasteiger partial charge in [0, 0.05) is 11.8 Å². The molecule has 0 N–H and O–H groups in total. The van der Waals surface area contributed by atoms with E-state index in [-0.39, 0.29) is 0 Å². The van der Waals surface area contributed by atoms with Gasteiger partial charge in [-0.25, -0.2) is 0 Å². The topological polar surface area (TPSA) is 0 Å². The van der Waals surface area contributed by atoms with Crippen molar-refractivity contribution >= 4 is 23.2 Å². The van der Waals surface area contributed by atoms with Crippen LogP contribution < -0.4 is 0 Å². The van der Waals surface area contributed by atoms with Crippen LogP contribution in [0.2, 0.25) is 0 Å². The first-order valence-electron chi connectivity index (χ1n) is 9.95. The lowest BCUT2D eigenvalue weighted by Crippen LogP contribution is -1.80. The van der Waals surface area contributed by atoms with Crippen molar-refractivity contribution in [1.29, 1.82) is 0 Å². The highest BCUT2D eigenvalue weighted by atomic mass is 35.5. The van der Waals surface area contributed by atoms with Gasteiger partial charge in [0.2, 0.25) is 0 Å². The van der Waals surface area contributed by atoms with Crippen LogP contribution in [-0.4, -0.2) is 11.8 Å². The fraction of sp³-hybridized carbons (Fsp3) is 1.00. The number of alkyl halides is 2. The minimum atomic E-state index is 0.842. The minimum absolute atomic E-state index is 0.842. The maximum Gasteiger partial charge on any atom is 0.0223 e. The second kappa shape index (κ2) is 26.5. The zero-order valence-corrected chi connectivity index (χ0v) is 17.0. The van der Waals surface area contributed by atoms with Crippen LogP contribution in [0.15, 0.2) is 0 Å². The number of hydrogen-bond acceptors (Lipinski definition) is 0. The molecule has 0 rings (SSSR count). The molecule has 0 saturated carbocycles. The van der Waals surface area contributed by atoms with Crippen LogP contribution in [0.1, 0.15) is 117 Å². The first-order valence-corrected chi connectivity index (χ1v) is 11.0. The summed E-state index contributed by atoms with van der Waals surface area (Å²) in [6, 6.07) is 0. The van der Waals surface area contributed by atoms with Crippen molar-refractivity contribution < 1.29 is 0 Å². The third-order valence-electron chi connectivity index (χ3n) is 3.97. The third kappa shape index (κ3) is 28.7. The molecule has 0 saturated heterocycles. The van der Waals surface area contributed by atoms with Crippen molar-refractivity contribution in [2.24, 2.45) is 0 Å². The van der Waals surface area contributed by atoms with Gasteiger partial charge in [-0.2, -0.15) is 0 Å². The predicted molar refractivity (Wildman–Crippen MR) is 107 cm³/mol. The summed E-state index contributed by atoms with van der Waals surface area (Å²) in [7, 11) is 0. The molecule has 0 amide bonds. The van der Waals surface area contributed by atoms with Crippen molar-refractivity contribution in [1.82, 2.24) is 0 Å². The molecule has 0 aliphatic heterocycles. The summed E-state index contributed by atoms with van der Waals surface area (Å²) in [6.45, 7) is 4.51. The van der Waals surface area contributed by atoms with Crippen LogP contribution in [-0.2, 0) is 0 Å². The van der Waals surface area contributed by atoms with Crippen LogP contribution >= 0.6 is 23.2 Å². The normalized spacial score (nSPS) is 10.4. The summed E-state index contributed by atoms with van der Waals surface area (Å²) in [5.74, 6) is 1.68. The maximum absolute atomic E-state index is 5.56. The van der Waals surface area contributed by atoms with Gasteiger partial charge in [0.1, 0.15) is 0 Å². The highest BCUT2D eigenvalue weighted by Crippen LogP contribution is 2.09. The van der Waals surface area contributed by atoms with Gasteiger partial charge < -0.3 is 0 Å². The molecule has 0 fully saturated rings. The van der Waals surface area contributed by atoms with Crippen LogP contribution in [0.25, 0.3) is 0 Å². The van der Waals surface area contributed by atoms with Gasteiger partial charge in [-0.3, -0.25) is 0 Å². The molecular formula is C20H42Cl2. The monoisotopic (exact) mass is 352 g/mol. The molecule has 0 aliphatic rings. The summed E-state index contributed by atoms with van der Waals surface area (Å²) in [4.78, 5) is 0. The summed E-state index contributed by atoms with van der Waals surface area (Å²) in [6.07, 6.45) is 21.9. The molecule has 0 atom stereocenters. The average molecular weight is 353 g/mol. The van der Waals surface area contributed by atoms with Gasteiger partial charge in [0.25, 0.3) is 0 Å². The van der Waals surface area contributed by atoms with Crippen LogP contribution in [0.3, 0.4) is 0 Å². The van der Waals surface area contributed by atoms with E-state index in [2.05, 4.69) is 13.8 Å². The van der Waals surface area contributed by atoms with Gasteiger partial charge in [-0.1, -0.05) is 104 Å². The van der Waals surface area contributed by atoms with Crippen molar-refractivity contribution in [3.63, 3.8) is 0 Å². The van der Waals surface area contributed by atoms with Crippen LogP contribution in [0, 0.1) is 0 Å². The highest BCUT2D eigenvalue weighted by Gasteiger charge is 1.90. The molecular weight excluding hydrogens is 311 g/mol. The molecule has 0 aromatic heterocycles. The van der Waals surface area contributed by atoms with E-state index < -0.39 is 0 Å². The Labute approximate surface area is 151 Å². The lowest BCUT2D eigenvalue weighted by Gasteiger charge is -1.98. The highest BCUT2D eigenvalue weighted by molar-refractivity contribution is 6.18. The van der Waals surface area contributed by atoms with Gasteiger partial charge in [0.05, 0.1) is 0 Å². The Morgan fingerprint density at radius 3 is 0.818 bits per heavy atom. The second-order valence-corrected chi connectivity index (χ2v) is 7.08. The fourth-order valence-electron chi connectivity index (χ4n) is 2.46. The quantitative estimate of drug-likeness (QED) is 0.192. The van der Waals surface area contributed by atoms with E-state index in [1.165, 1.54) is 103 Å². The molecule has 0 aliphatic carbocycles. The predicted octanol–water partition coefficient (Wildman–Crippen LogP) is 8.73. The van der Waals surface area contributed by atoms with Crippen molar-refractivity contribution in [3.05, 3.63) is 0 Å². The number of unbranched alkanes of at least 4 members (excludes halogenated alkanes) is 14. The molecule has 136 valence electrons. The SMILES string of the molecule is CCCCCCCCCCCl.CCCCCCCCCCCl. The summed E-state index contributed by atoms with van der Waals surface area (Å²) < 4.78 is 0. The molecule has 0 radical (unpaired) electrons. The molecule has 0 spiro atoms. The number of halogens is 2. The smallest absolute Gasteiger partial charge is 0.0223 e. The van der Waals surface area contributed by atoms with Gasteiger partial charge >= 0.3 is 0 Å². The Balaban J connectivity index is 0. The second-order valence-electron chi connectivity index (χ2n) is 6.33. The lowest BCUT2D eigenvalue weighted by atomic mass is 10.1. The van der Waals surface area contributed by atoms with Gasteiger partial charge in [-0.05, 0) is 12.8 Å². The fourth-order valence-corrected chi connectivity index (χ4v) is 2.83. The van der Waals surface area contributed by atoms with Gasteiger partial charge in [-0.15, -0.1) is 23.2 Å². The summed E-state index contributed by atoms with van der Waals surface area (Å²) >= 11 is 11.1. The van der Waals surface area contributed by atoms with E-state index in [1.807, 2.05) is 0 Å². The van der Waals surface area contributed by atoms with E-state index in [1.54, 1.807) is 0 Å². The number of hydrogen-bond donors (Lipinski definition) is 0. The zero-order valence-electron chi connectivity index (χ0n) is 15.5. The molecule has 0 nitrogen and oxygen atoms in total. The first-order chi connectivity index (χ1) is 10.8. The van der Waals surface area contributed by atoms with Crippen molar-refractivity contribution in [3.8, 4) is 0 Å². The lowest BCUT2D eigenvalue weighted by molar-refractivity contribution is 0.586. The van der Waals surface area contributed by atoms with E-state index in [9.17, 15) is 0 Å². The van der Waals surface area contributed by atoms with Crippen LogP contribution in [0.5, 0.6) is 0 Å². The third-order valence-corrected chi connectivity index (χ3v) is 4.51. The Morgan fingerprint density at radius 1 is 0.364 bits per heavy atom.